The summed E-state index contributed by atoms with van der Waals surface area (Å²) >= 11 is 0. The molecule has 0 spiro atoms. The summed E-state index contributed by atoms with van der Waals surface area (Å²) in [6.45, 7) is 2.09. The van der Waals surface area contributed by atoms with E-state index in [0.717, 1.165) is 105 Å². The first-order valence-electron chi connectivity index (χ1n) is 19.2. The Bertz CT molecular complexity index is 3160. The molecule has 0 N–H and O–H groups in total. The summed E-state index contributed by atoms with van der Waals surface area (Å²) in [5.41, 5.74) is 10.6. The highest BCUT2D eigenvalue weighted by molar-refractivity contribution is 6.29. The van der Waals surface area contributed by atoms with Crippen LogP contribution in [0.5, 0.6) is 0 Å². The molecule has 10 rings (SSSR count). The third-order valence-corrected chi connectivity index (χ3v) is 11.3. The first-order valence-corrected chi connectivity index (χ1v) is 19.2. The van der Waals surface area contributed by atoms with Gasteiger partial charge in [-0.2, -0.15) is 13.2 Å². The van der Waals surface area contributed by atoms with Crippen molar-refractivity contribution in [1.29, 1.82) is 0 Å². The highest BCUT2D eigenvalue weighted by atomic mass is 19.4. The van der Waals surface area contributed by atoms with Crippen molar-refractivity contribution in [2.24, 2.45) is 0 Å². The van der Waals surface area contributed by atoms with Crippen LogP contribution in [0.4, 0.5) is 13.2 Å². The molecule has 0 radical (unpaired) electrons. The number of halogens is 3. The predicted octanol–water partition coefficient (Wildman–Crippen LogP) is 16.0. The molecule has 0 aromatic heterocycles. The Labute approximate surface area is 329 Å². The molecule has 0 saturated carbocycles. The van der Waals surface area contributed by atoms with Gasteiger partial charge in [0.2, 0.25) is 0 Å². The average Bonchev–Trinajstić information content (AvgIpc) is 3.25. The van der Waals surface area contributed by atoms with Crippen molar-refractivity contribution in [2.45, 2.75) is 13.1 Å². The molecule has 0 unspecified atom stereocenters. The van der Waals surface area contributed by atoms with E-state index in [4.69, 9.17) is 0 Å². The van der Waals surface area contributed by atoms with E-state index in [2.05, 4.69) is 146 Å². The van der Waals surface area contributed by atoms with Crippen molar-refractivity contribution in [1.82, 2.24) is 0 Å². The van der Waals surface area contributed by atoms with Crippen LogP contribution in [0.15, 0.2) is 194 Å². The van der Waals surface area contributed by atoms with Gasteiger partial charge < -0.3 is 0 Å². The summed E-state index contributed by atoms with van der Waals surface area (Å²) < 4.78 is 43.0. The Morgan fingerprint density at radius 1 is 0.281 bits per heavy atom. The van der Waals surface area contributed by atoms with Gasteiger partial charge >= 0.3 is 6.18 Å². The molecule has 0 nitrogen and oxygen atoms in total. The zero-order valence-electron chi connectivity index (χ0n) is 31.1. The molecule has 10 aromatic carbocycles. The highest BCUT2D eigenvalue weighted by Crippen LogP contribution is 2.50. The first kappa shape index (κ1) is 34.5. The van der Waals surface area contributed by atoms with Crippen LogP contribution in [0, 0.1) is 6.92 Å². The molecule has 0 fully saturated rings. The normalized spacial score (nSPS) is 11.9. The molecule has 272 valence electrons. The van der Waals surface area contributed by atoms with Crippen LogP contribution >= 0.6 is 0 Å². The summed E-state index contributed by atoms with van der Waals surface area (Å²) in [7, 11) is 0. The third-order valence-electron chi connectivity index (χ3n) is 11.3. The average molecular weight is 741 g/mol. The second-order valence-electron chi connectivity index (χ2n) is 14.8. The highest BCUT2D eigenvalue weighted by Gasteiger charge is 2.31. The topological polar surface area (TPSA) is 0 Å². The molecule has 3 heteroatoms. The van der Waals surface area contributed by atoms with Crippen LogP contribution in [0.3, 0.4) is 0 Å². The van der Waals surface area contributed by atoms with E-state index in [1.165, 1.54) is 12.1 Å². The van der Waals surface area contributed by atoms with E-state index < -0.39 is 11.7 Å². The molecule has 0 saturated heterocycles. The van der Waals surface area contributed by atoms with Gasteiger partial charge in [0.15, 0.2) is 0 Å². The minimum atomic E-state index is -4.48. The summed E-state index contributed by atoms with van der Waals surface area (Å²) in [5.74, 6) is 0. The molecule has 0 aliphatic carbocycles. The standard InChI is InChI=1S/C54H35F3/c1-34-15-12-21-38(29-34)50-44-27-10-11-28-45(44)51(40-23-14-24-41(31-40)54(55,56)57)48-32-46-42-25-8-9-26-43(42)53(39-22-13-20-37(30-39)35-16-4-2-5-17-35)52(47(46)33-49(48)50)36-18-6-3-7-19-36/h2-33H,1H3. The summed E-state index contributed by atoms with van der Waals surface area (Å²) in [6.07, 6.45) is -4.48. The minimum absolute atomic E-state index is 0.531. The molecule has 0 bridgehead atoms. The molecule has 0 aliphatic rings. The SMILES string of the molecule is Cc1cccc(-c2c3ccccc3c(-c3cccc(C(F)(F)F)c3)c3cc4c(cc23)c(-c2ccccc2)c(-c2cccc(-c3ccccc3)c2)c2ccccc24)c1. The lowest BCUT2D eigenvalue weighted by Gasteiger charge is -2.23. The Kier molecular flexibility index (Phi) is 8.27. The molecule has 0 amide bonds. The summed E-state index contributed by atoms with van der Waals surface area (Å²) in [4.78, 5) is 0. The quantitative estimate of drug-likeness (QED) is 0.122. The number of hydrogen-bond donors (Lipinski definition) is 0. The number of hydrogen-bond acceptors (Lipinski definition) is 0. The molecular weight excluding hydrogens is 706 g/mol. The van der Waals surface area contributed by atoms with Crippen molar-refractivity contribution in [3.05, 3.63) is 205 Å². The Morgan fingerprint density at radius 3 is 1.32 bits per heavy atom. The fraction of sp³-hybridized carbons (Fsp3) is 0.0370. The molecule has 0 heterocycles. The van der Waals surface area contributed by atoms with Crippen LogP contribution in [0.2, 0.25) is 0 Å². The lowest BCUT2D eigenvalue weighted by molar-refractivity contribution is -0.137. The van der Waals surface area contributed by atoms with Gasteiger partial charge in [0, 0.05) is 0 Å². The molecule has 57 heavy (non-hydrogen) atoms. The zero-order valence-corrected chi connectivity index (χ0v) is 31.1. The van der Waals surface area contributed by atoms with Gasteiger partial charge in [0.05, 0.1) is 5.56 Å². The monoisotopic (exact) mass is 740 g/mol. The second-order valence-corrected chi connectivity index (χ2v) is 14.8. The maximum Gasteiger partial charge on any atom is 0.416 e. The Hall–Kier alpha value is -6.97. The van der Waals surface area contributed by atoms with Crippen LogP contribution in [-0.2, 0) is 6.18 Å². The maximum absolute atomic E-state index is 14.3. The van der Waals surface area contributed by atoms with Crippen molar-refractivity contribution >= 4 is 43.1 Å². The fourth-order valence-corrected chi connectivity index (χ4v) is 8.82. The van der Waals surface area contributed by atoms with Gasteiger partial charge in [-0.15, -0.1) is 0 Å². The number of alkyl halides is 3. The number of benzene rings is 10. The van der Waals surface area contributed by atoms with Crippen molar-refractivity contribution < 1.29 is 13.2 Å². The smallest absolute Gasteiger partial charge is 0.166 e. The lowest BCUT2D eigenvalue weighted by atomic mass is 9.80. The molecular formula is C54H35F3. The Balaban J connectivity index is 1.42. The predicted molar refractivity (Wildman–Crippen MR) is 233 cm³/mol. The summed E-state index contributed by atoms with van der Waals surface area (Å²) in [5, 5.41) is 8.08. The van der Waals surface area contributed by atoms with Crippen molar-refractivity contribution in [2.75, 3.05) is 0 Å². The van der Waals surface area contributed by atoms with E-state index in [1.807, 2.05) is 36.4 Å². The largest absolute Gasteiger partial charge is 0.416 e. The molecule has 0 atom stereocenters. The number of rotatable bonds is 5. The van der Waals surface area contributed by atoms with E-state index in [9.17, 15) is 13.2 Å². The van der Waals surface area contributed by atoms with Gasteiger partial charge in [-0.3, -0.25) is 0 Å². The van der Waals surface area contributed by atoms with Crippen LogP contribution < -0.4 is 0 Å². The van der Waals surface area contributed by atoms with Crippen LogP contribution in [0.25, 0.3) is 98.7 Å². The van der Waals surface area contributed by atoms with Crippen LogP contribution in [-0.4, -0.2) is 0 Å². The van der Waals surface area contributed by atoms with Gasteiger partial charge in [0.1, 0.15) is 0 Å². The van der Waals surface area contributed by atoms with Crippen LogP contribution in [0.1, 0.15) is 11.1 Å². The van der Waals surface area contributed by atoms with E-state index in [-0.39, 0.29) is 0 Å². The zero-order chi connectivity index (χ0) is 38.7. The van der Waals surface area contributed by atoms with Crippen molar-refractivity contribution in [3.8, 4) is 55.6 Å². The minimum Gasteiger partial charge on any atom is -0.166 e. The Morgan fingerprint density at radius 2 is 0.702 bits per heavy atom. The second kappa shape index (κ2) is 13.6. The molecule has 0 aliphatic heterocycles. The lowest BCUT2D eigenvalue weighted by Crippen LogP contribution is -2.04. The van der Waals surface area contributed by atoms with Gasteiger partial charge in [-0.25, -0.2) is 0 Å². The van der Waals surface area contributed by atoms with Crippen molar-refractivity contribution in [3.63, 3.8) is 0 Å². The van der Waals surface area contributed by atoms with Gasteiger partial charge in [0.25, 0.3) is 0 Å². The number of aryl methyl sites for hydroxylation is 1. The number of fused-ring (bicyclic) bond motifs is 5. The van der Waals surface area contributed by atoms with Gasteiger partial charge in [-0.1, -0.05) is 169 Å². The van der Waals surface area contributed by atoms with E-state index >= 15 is 0 Å². The van der Waals surface area contributed by atoms with Gasteiger partial charge in [-0.05, 0) is 136 Å². The van der Waals surface area contributed by atoms with E-state index in [0.29, 0.717) is 5.56 Å². The third kappa shape index (κ3) is 5.95. The molecule has 10 aromatic rings. The summed E-state index contributed by atoms with van der Waals surface area (Å²) in [6, 6.07) is 65.3. The van der Waals surface area contributed by atoms with E-state index in [1.54, 1.807) is 0 Å². The first-order chi connectivity index (χ1) is 27.8. The maximum atomic E-state index is 14.3. The fourth-order valence-electron chi connectivity index (χ4n) is 8.82.